The quantitative estimate of drug-likeness (QED) is 0.685. The first kappa shape index (κ1) is 13.5. The van der Waals surface area contributed by atoms with E-state index in [0.29, 0.717) is 17.4 Å². The SMILES string of the molecule is CC(=O)c1ccc(NCc2ccc(Cl)cc2)nc1F. The zero-order valence-corrected chi connectivity index (χ0v) is 11.0. The number of nitrogens with one attached hydrogen (secondary N) is 1. The van der Waals surface area contributed by atoms with Crippen LogP contribution in [0.4, 0.5) is 10.2 Å². The van der Waals surface area contributed by atoms with Crippen LogP contribution in [-0.2, 0) is 6.54 Å². The molecule has 5 heteroatoms. The van der Waals surface area contributed by atoms with Crippen LogP contribution in [0.3, 0.4) is 0 Å². The largest absolute Gasteiger partial charge is 0.366 e. The number of pyridine rings is 1. The van der Waals surface area contributed by atoms with Gasteiger partial charge in [0.1, 0.15) is 5.82 Å². The van der Waals surface area contributed by atoms with E-state index in [-0.39, 0.29) is 11.3 Å². The number of benzene rings is 1. The molecule has 0 unspecified atom stereocenters. The maximum absolute atomic E-state index is 13.5. The van der Waals surface area contributed by atoms with E-state index < -0.39 is 5.95 Å². The van der Waals surface area contributed by atoms with E-state index in [0.717, 1.165) is 5.56 Å². The summed E-state index contributed by atoms with van der Waals surface area (Å²) in [7, 11) is 0. The van der Waals surface area contributed by atoms with Crippen molar-refractivity contribution in [3.8, 4) is 0 Å². The second-order valence-corrected chi connectivity index (χ2v) is 4.51. The van der Waals surface area contributed by atoms with Crippen molar-refractivity contribution in [2.45, 2.75) is 13.5 Å². The fourth-order valence-electron chi connectivity index (χ4n) is 1.59. The fraction of sp³-hybridized carbons (Fsp3) is 0.143. The second-order valence-electron chi connectivity index (χ2n) is 4.07. The summed E-state index contributed by atoms with van der Waals surface area (Å²) < 4.78 is 13.5. The molecule has 2 rings (SSSR count). The Bertz CT molecular complexity index is 599. The number of halogens is 2. The summed E-state index contributed by atoms with van der Waals surface area (Å²) in [5.74, 6) is -0.708. The molecule has 0 aliphatic heterocycles. The lowest BCUT2D eigenvalue weighted by Crippen LogP contribution is -2.05. The van der Waals surface area contributed by atoms with Crippen molar-refractivity contribution in [1.29, 1.82) is 0 Å². The molecule has 1 aromatic heterocycles. The average Bonchev–Trinajstić information content (AvgIpc) is 2.37. The summed E-state index contributed by atoms with van der Waals surface area (Å²) in [6.45, 7) is 1.81. The molecule has 0 saturated carbocycles. The van der Waals surface area contributed by atoms with E-state index >= 15 is 0 Å². The highest BCUT2D eigenvalue weighted by molar-refractivity contribution is 6.30. The molecular formula is C14H12ClFN2O. The van der Waals surface area contributed by atoms with Crippen LogP contribution < -0.4 is 5.32 Å². The third-order valence-corrected chi connectivity index (χ3v) is 2.87. The number of carbonyl (C=O) groups is 1. The van der Waals surface area contributed by atoms with E-state index in [1.165, 1.54) is 13.0 Å². The predicted octanol–water partition coefficient (Wildman–Crippen LogP) is 3.69. The van der Waals surface area contributed by atoms with Gasteiger partial charge >= 0.3 is 0 Å². The van der Waals surface area contributed by atoms with Gasteiger partial charge in [0.2, 0.25) is 5.95 Å². The first-order valence-electron chi connectivity index (χ1n) is 5.72. The summed E-state index contributed by atoms with van der Waals surface area (Å²) >= 11 is 5.78. The zero-order valence-electron chi connectivity index (χ0n) is 10.3. The maximum atomic E-state index is 13.5. The Kier molecular flexibility index (Phi) is 4.12. The third kappa shape index (κ3) is 3.51. The summed E-state index contributed by atoms with van der Waals surface area (Å²) in [6, 6.07) is 10.3. The number of carbonyl (C=O) groups excluding carboxylic acids is 1. The molecule has 2 aromatic rings. The van der Waals surface area contributed by atoms with Gasteiger partial charge in [-0.2, -0.15) is 4.39 Å². The van der Waals surface area contributed by atoms with Crippen LogP contribution in [-0.4, -0.2) is 10.8 Å². The van der Waals surface area contributed by atoms with Gasteiger partial charge in [0, 0.05) is 11.6 Å². The number of ketones is 1. The molecule has 0 atom stereocenters. The standard InChI is InChI=1S/C14H12ClFN2O/c1-9(19)12-6-7-13(18-14(12)16)17-8-10-2-4-11(15)5-3-10/h2-7H,8H2,1H3,(H,17,18). The van der Waals surface area contributed by atoms with Crippen molar-refractivity contribution >= 4 is 23.2 Å². The van der Waals surface area contributed by atoms with Crippen molar-refractivity contribution < 1.29 is 9.18 Å². The van der Waals surface area contributed by atoms with Gasteiger partial charge in [-0.05, 0) is 36.8 Å². The second kappa shape index (κ2) is 5.80. The topological polar surface area (TPSA) is 42.0 Å². The molecule has 0 aliphatic rings. The third-order valence-electron chi connectivity index (χ3n) is 2.61. The number of anilines is 1. The van der Waals surface area contributed by atoms with Gasteiger partial charge in [-0.15, -0.1) is 0 Å². The zero-order chi connectivity index (χ0) is 13.8. The molecule has 0 amide bonds. The Hall–Kier alpha value is -1.94. The van der Waals surface area contributed by atoms with Crippen LogP contribution in [0.25, 0.3) is 0 Å². The molecule has 0 aliphatic carbocycles. The molecule has 0 spiro atoms. The van der Waals surface area contributed by atoms with Crippen LogP contribution >= 0.6 is 11.6 Å². The summed E-state index contributed by atoms with van der Waals surface area (Å²) in [5.41, 5.74) is 0.999. The molecule has 0 saturated heterocycles. The van der Waals surface area contributed by atoms with Crippen LogP contribution in [0, 0.1) is 5.95 Å². The molecule has 98 valence electrons. The minimum atomic E-state index is -0.756. The molecule has 19 heavy (non-hydrogen) atoms. The Balaban J connectivity index is 2.06. The molecule has 0 radical (unpaired) electrons. The van der Waals surface area contributed by atoms with E-state index in [1.54, 1.807) is 18.2 Å². The van der Waals surface area contributed by atoms with Crippen LogP contribution in [0.2, 0.25) is 5.02 Å². The van der Waals surface area contributed by atoms with Gasteiger partial charge in [0.15, 0.2) is 5.78 Å². The molecule has 0 bridgehead atoms. The predicted molar refractivity (Wildman–Crippen MR) is 73.0 cm³/mol. The first-order chi connectivity index (χ1) is 9.06. The molecule has 1 aromatic carbocycles. The smallest absolute Gasteiger partial charge is 0.225 e. The molecule has 3 nitrogen and oxygen atoms in total. The van der Waals surface area contributed by atoms with E-state index in [2.05, 4.69) is 10.3 Å². The van der Waals surface area contributed by atoms with Crippen molar-refractivity contribution in [3.05, 3.63) is 58.5 Å². The highest BCUT2D eigenvalue weighted by Crippen LogP contribution is 2.13. The monoisotopic (exact) mass is 278 g/mol. The number of hydrogen-bond acceptors (Lipinski definition) is 3. The average molecular weight is 279 g/mol. The lowest BCUT2D eigenvalue weighted by atomic mass is 10.2. The Morgan fingerprint density at radius 3 is 2.53 bits per heavy atom. The Labute approximate surface area is 115 Å². The number of nitrogens with zero attached hydrogens (tertiary/aromatic N) is 1. The van der Waals surface area contributed by atoms with Gasteiger partial charge in [0.05, 0.1) is 5.56 Å². The van der Waals surface area contributed by atoms with E-state index in [1.807, 2.05) is 12.1 Å². The molecular weight excluding hydrogens is 267 g/mol. The summed E-state index contributed by atoms with van der Waals surface area (Å²) in [6.07, 6.45) is 0. The van der Waals surface area contributed by atoms with Crippen LogP contribution in [0.15, 0.2) is 36.4 Å². The van der Waals surface area contributed by atoms with Crippen LogP contribution in [0.5, 0.6) is 0 Å². The lowest BCUT2D eigenvalue weighted by molar-refractivity contribution is 0.101. The lowest BCUT2D eigenvalue weighted by Gasteiger charge is -2.07. The van der Waals surface area contributed by atoms with Gasteiger partial charge < -0.3 is 5.32 Å². The van der Waals surface area contributed by atoms with Crippen molar-refractivity contribution in [1.82, 2.24) is 4.98 Å². The summed E-state index contributed by atoms with van der Waals surface area (Å²) in [4.78, 5) is 14.8. The Morgan fingerprint density at radius 1 is 1.26 bits per heavy atom. The summed E-state index contributed by atoms with van der Waals surface area (Å²) in [5, 5.41) is 3.65. The highest BCUT2D eigenvalue weighted by Gasteiger charge is 2.09. The van der Waals surface area contributed by atoms with Gasteiger partial charge in [-0.3, -0.25) is 4.79 Å². The van der Waals surface area contributed by atoms with E-state index in [4.69, 9.17) is 11.6 Å². The minimum absolute atomic E-state index is 0.00274. The molecule has 1 heterocycles. The minimum Gasteiger partial charge on any atom is -0.366 e. The highest BCUT2D eigenvalue weighted by atomic mass is 35.5. The Morgan fingerprint density at radius 2 is 1.95 bits per heavy atom. The van der Waals surface area contributed by atoms with Crippen LogP contribution in [0.1, 0.15) is 22.8 Å². The van der Waals surface area contributed by atoms with Gasteiger partial charge in [-0.25, -0.2) is 4.98 Å². The number of hydrogen-bond donors (Lipinski definition) is 1. The maximum Gasteiger partial charge on any atom is 0.225 e. The molecule has 1 N–H and O–H groups in total. The number of aromatic nitrogens is 1. The van der Waals surface area contributed by atoms with Crippen molar-refractivity contribution in [2.24, 2.45) is 0 Å². The molecule has 0 fully saturated rings. The van der Waals surface area contributed by atoms with Crippen molar-refractivity contribution in [2.75, 3.05) is 5.32 Å². The number of rotatable bonds is 4. The van der Waals surface area contributed by atoms with Gasteiger partial charge in [0.25, 0.3) is 0 Å². The van der Waals surface area contributed by atoms with Gasteiger partial charge in [-0.1, -0.05) is 23.7 Å². The van der Waals surface area contributed by atoms with E-state index in [9.17, 15) is 9.18 Å². The normalized spacial score (nSPS) is 10.3. The first-order valence-corrected chi connectivity index (χ1v) is 6.10. The fourth-order valence-corrected chi connectivity index (χ4v) is 1.72. The van der Waals surface area contributed by atoms with Crippen molar-refractivity contribution in [3.63, 3.8) is 0 Å². The number of Topliss-reactive ketones (excluding diaryl/α,β-unsaturated/α-hetero) is 1.